The molecule has 0 radical (unpaired) electrons. The zero-order valence-electron chi connectivity index (χ0n) is 13.4. The highest BCUT2D eigenvalue weighted by molar-refractivity contribution is 7.98. The van der Waals surface area contributed by atoms with Crippen molar-refractivity contribution in [2.24, 2.45) is 0 Å². The van der Waals surface area contributed by atoms with Gasteiger partial charge in [-0.1, -0.05) is 42.1 Å². The molecule has 0 amide bonds. The number of halogens is 2. The molecule has 0 unspecified atom stereocenters. The van der Waals surface area contributed by atoms with E-state index in [1.165, 1.54) is 36.3 Å². The number of epoxide rings is 1. The van der Waals surface area contributed by atoms with Crippen molar-refractivity contribution in [3.63, 3.8) is 0 Å². The van der Waals surface area contributed by atoms with Crippen molar-refractivity contribution in [1.82, 2.24) is 14.8 Å². The van der Waals surface area contributed by atoms with Gasteiger partial charge in [0, 0.05) is 5.56 Å². The van der Waals surface area contributed by atoms with Gasteiger partial charge in [0.25, 0.3) is 0 Å². The summed E-state index contributed by atoms with van der Waals surface area (Å²) >= 11 is 1.47. The second-order valence-corrected chi connectivity index (χ2v) is 6.59. The predicted octanol–water partition coefficient (Wildman–Crippen LogP) is 3.95. The minimum absolute atomic E-state index is 0.319. The van der Waals surface area contributed by atoms with Crippen LogP contribution in [0.3, 0.4) is 0 Å². The third kappa shape index (κ3) is 2.83. The van der Waals surface area contributed by atoms with Crippen LogP contribution in [0, 0.1) is 11.6 Å². The first kappa shape index (κ1) is 16.2. The molecule has 1 aliphatic rings. The van der Waals surface area contributed by atoms with Crippen LogP contribution in [0.5, 0.6) is 0 Å². The topological polar surface area (TPSA) is 43.2 Å². The van der Waals surface area contributed by atoms with Crippen molar-refractivity contribution in [3.8, 4) is 0 Å². The minimum Gasteiger partial charge on any atom is -0.354 e. The lowest BCUT2D eigenvalue weighted by atomic mass is 9.91. The van der Waals surface area contributed by atoms with E-state index in [9.17, 15) is 8.78 Å². The highest BCUT2D eigenvalue weighted by Crippen LogP contribution is 2.58. The zero-order chi connectivity index (χ0) is 17.4. The van der Waals surface area contributed by atoms with E-state index in [4.69, 9.17) is 4.74 Å². The molecule has 0 bridgehead atoms. The van der Waals surface area contributed by atoms with E-state index < -0.39 is 11.7 Å². The fourth-order valence-corrected chi connectivity index (χ4v) is 3.56. The summed E-state index contributed by atoms with van der Waals surface area (Å²) in [5.74, 6) is -0.646. The van der Waals surface area contributed by atoms with E-state index in [1.54, 1.807) is 35.0 Å². The number of thioether (sulfide) groups is 1. The highest BCUT2D eigenvalue weighted by atomic mass is 32.2. The lowest BCUT2D eigenvalue weighted by Gasteiger charge is -2.15. The van der Waals surface area contributed by atoms with Crippen LogP contribution in [-0.2, 0) is 16.9 Å². The quantitative estimate of drug-likeness (QED) is 0.511. The first-order valence-corrected chi connectivity index (χ1v) is 8.96. The Labute approximate surface area is 147 Å². The van der Waals surface area contributed by atoms with Gasteiger partial charge >= 0.3 is 0 Å². The molecule has 0 spiro atoms. The molecule has 1 fully saturated rings. The van der Waals surface area contributed by atoms with Crippen molar-refractivity contribution in [2.45, 2.75) is 23.4 Å². The van der Waals surface area contributed by atoms with Crippen molar-refractivity contribution in [2.75, 3.05) is 6.26 Å². The molecule has 0 saturated carbocycles. The third-order valence-electron chi connectivity index (χ3n) is 4.36. The maximum atomic E-state index is 14.2. The van der Waals surface area contributed by atoms with Gasteiger partial charge in [-0.3, -0.25) is 0 Å². The zero-order valence-corrected chi connectivity index (χ0v) is 14.2. The van der Waals surface area contributed by atoms with Gasteiger partial charge in [0.1, 0.15) is 29.7 Å². The molecule has 0 aliphatic carbocycles. The van der Waals surface area contributed by atoms with Gasteiger partial charge in [-0.25, -0.2) is 18.4 Å². The van der Waals surface area contributed by atoms with Gasteiger partial charge in [0.15, 0.2) is 5.16 Å². The maximum Gasteiger partial charge on any atom is 0.185 e. The van der Waals surface area contributed by atoms with E-state index in [1.807, 2.05) is 6.26 Å². The molecule has 25 heavy (non-hydrogen) atoms. The molecule has 0 N–H and O–H groups in total. The molecule has 1 aromatic heterocycles. The summed E-state index contributed by atoms with van der Waals surface area (Å²) in [6, 6.07) is 12.7. The number of ether oxygens (including phenoxy) is 1. The van der Waals surface area contributed by atoms with Crippen LogP contribution >= 0.6 is 11.8 Å². The Hall–Kier alpha value is -2.25. The van der Waals surface area contributed by atoms with E-state index in [-0.39, 0.29) is 11.6 Å². The van der Waals surface area contributed by atoms with Crippen LogP contribution in [0.4, 0.5) is 8.78 Å². The molecule has 2 atom stereocenters. The molecule has 7 heteroatoms. The number of aromatic nitrogens is 3. The number of hydrogen-bond acceptors (Lipinski definition) is 4. The SMILES string of the molecule is CSc1ncnn1C[C@]1(c2ccc(F)cc2)O[C@@H]1c1ccccc1F. The highest BCUT2D eigenvalue weighted by Gasteiger charge is 2.60. The van der Waals surface area contributed by atoms with Crippen LogP contribution < -0.4 is 0 Å². The Bertz CT molecular complexity index is 899. The van der Waals surface area contributed by atoms with E-state index in [0.717, 1.165) is 10.7 Å². The molecular formula is C18H15F2N3OS. The molecule has 1 aliphatic heterocycles. The van der Waals surface area contributed by atoms with Gasteiger partial charge in [0.05, 0.1) is 6.54 Å². The van der Waals surface area contributed by atoms with Crippen LogP contribution in [0.1, 0.15) is 17.2 Å². The Morgan fingerprint density at radius 2 is 1.92 bits per heavy atom. The number of benzene rings is 2. The average Bonchev–Trinajstić information content (AvgIpc) is 3.16. The third-order valence-corrected chi connectivity index (χ3v) is 5.04. The smallest absolute Gasteiger partial charge is 0.185 e. The molecule has 4 nitrogen and oxygen atoms in total. The average molecular weight is 359 g/mol. The largest absolute Gasteiger partial charge is 0.354 e. The standard InChI is InChI=1S/C18H15F2N3OS/c1-25-17-21-11-22-23(17)10-18(12-6-8-13(19)9-7-12)16(24-18)14-4-2-3-5-15(14)20/h2-9,11,16H,10H2,1H3/t16-,18-/m1/s1. The van der Waals surface area contributed by atoms with Gasteiger partial charge in [0.2, 0.25) is 0 Å². The second-order valence-electron chi connectivity index (χ2n) is 5.82. The first-order valence-electron chi connectivity index (χ1n) is 7.74. The van der Waals surface area contributed by atoms with Gasteiger partial charge in [-0.15, -0.1) is 0 Å². The Morgan fingerprint density at radius 1 is 1.16 bits per heavy atom. The molecule has 128 valence electrons. The summed E-state index contributed by atoms with van der Waals surface area (Å²) in [4.78, 5) is 4.19. The maximum absolute atomic E-state index is 14.2. The molecular weight excluding hydrogens is 344 g/mol. The minimum atomic E-state index is -0.798. The molecule has 1 saturated heterocycles. The van der Waals surface area contributed by atoms with Crippen LogP contribution in [0.2, 0.25) is 0 Å². The second kappa shape index (κ2) is 6.24. The molecule has 4 rings (SSSR count). The van der Waals surface area contributed by atoms with Gasteiger partial charge in [-0.05, 0) is 30.0 Å². The molecule has 2 heterocycles. The Morgan fingerprint density at radius 3 is 2.64 bits per heavy atom. The van der Waals surface area contributed by atoms with Crippen molar-refractivity contribution >= 4 is 11.8 Å². The van der Waals surface area contributed by atoms with Crippen molar-refractivity contribution < 1.29 is 13.5 Å². The van der Waals surface area contributed by atoms with Crippen LogP contribution in [0.15, 0.2) is 60.0 Å². The van der Waals surface area contributed by atoms with Crippen LogP contribution in [0.25, 0.3) is 0 Å². The summed E-state index contributed by atoms with van der Waals surface area (Å²) in [6.07, 6.45) is 2.93. The van der Waals surface area contributed by atoms with Crippen LogP contribution in [-0.4, -0.2) is 21.0 Å². The first-order chi connectivity index (χ1) is 12.1. The van der Waals surface area contributed by atoms with Gasteiger partial charge < -0.3 is 4.74 Å². The predicted molar refractivity (Wildman–Crippen MR) is 90.1 cm³/mol. The Balaban J connectivity index is 1.75. The molecule has 3 aromatic rings. The van der Waals surface area contributed by atoms with E-state index in [0.29, 0.717) is 12.1 Å². The summed E-state index contributed by atoms with van der Waals surface area (Å²) < 4.78 is 35.3. The fraction of sp³-hybridized carbons (Fsp3) is 0.222. The number of rotatable bonds is 5. The van der Waals surface area contributed by atoms with E-state index >= 15 is 0 Å². The monoisotopic (exact) mass is 359 g/mol. The Kier molecular flexibility index (Phi) is 4.05. The fourth-order valence-electron chi connectivity index (χ4n) is 3.08. The number of nitrogens with zero attached hydrogens (tertiary/aromatic N) is 3. The summed E-state index contributed by atoms with van der Waals surface area (Å²) in [5.41, 5.74) is 0.469. The molecule has 2 aromatic carbocycles. The normalized spacial score (nSPS) is 22.1. The van der Waals surface area contributed by atoms with Crippen molar-refractivity contribution in [1.29, 1.82) is 0 Å². The summed E-state index contributed by atoms with van der Waals surface area (Å²) in [7, 11) is 0. The van der Waals surface area contributed by atoms with E-state index in [2.05, 4.69) is 10.1 Å². The lowest BCUT2D eigenvalue weighted by Crippen LogP contribution is -2.20. The van der Waals surface area contributed by atoms with Crippen molar-refractivity contribution in [3.05, 3.63) is 77.6 Å². The summed E-state index contributed by atoms with van der Waals surface area (Å²) in [6.45, 7) is 0.369. The van der Waals surface area contributed by atoms with Gasteiger partial charge in [-0.2, -0.15) is 5.10 Å². The lowest BCUT2D eigenvalue weighted by molar-refractivity contribution is 0.256. The number of hydrogen-bond donors (Lipinski definition) is 0. The summed E-state index contributed by atoms with van der Waals surface area (Å²) in [5, 5.41) is 4.98.